The monoisotopic (exact) mass is 794 g/mol. The van der Waals surface area contributed by atoms with Crippen molar-refractivity contribution in [3.63, 3.8) is 0 Å². The Bertz CT molecular complexity index is 2060. The number of alkyl halides is 3. The van der Waals surface area contributed by atoms with Gasteiger partial charge in [0.25, 0.3) is 11.8 Å². The molecule has 0 radical (unpaired) electrons. The number of hydrazine groups is 1. The Kier molecular flexibility index (Phi) is 8.11. The number of carbonyl (C=O) groups excluding carboxylic acids is 4. The summed E-state index contributed by atoms with van der Waals surface area (Å²) in [5, 5.41) is 12.3. The number of fused-ring (bicyclic) bond motifs is 4. The number of benzene rings is 2. The molecular weight excluding hydrogens is 771 g/mol. The minimum atomic E-state index is -4.83. The second kappa shape index (κ2) is 11.8. The molecule has 16 heteroatoms. The minimum absolute atomic E-state index is 0.0284. The highest BCUT2D eigenvalue weighted by Gasteiger charge is 2.68. The molecule has 4 aliphatic rings. The number of carbonyl (C=O) groups is 4. The number of anilines is 2. The van der Waals surface area contributed by atoms with E-state index in [1.807, 2.05) is 0 Å². The molecule has 6 atom stereocenters. The lowest BCUT2D eigenvalue weighted by molar-refractivity contribution is -0.141. The number of aromatic nitrogens is 1. The van der Waals surface area contributed by atoms with Gasteiger partial charge in [-0.25, -0.2) is 14.3 Å². The van der Waals surface area contributed by atoms with Crippen LogP contribution < -0.4 is 9.91 Å². The molecule has 260 valence electrons. The van der Waals surface area contributed by atoms with Crippen LogP contribution >= 0.6 is 39.1 Å². The van der Waals surface area contributed by atoms with Gasteiger partial charge >= 0.3 is 6.18 Å². The Morgan fingerprint density at radius 3 is 2.38 bits per heavy atom. The first-order valence-corrected chi connectivity index (χ1v) is 16.9. The molecule has 2 aliphatic heterocycles. The molecule has 7 rings (SSSR count). The Morgan fingerprint density at radius 1 is 0.980 bits per heavy atom. The summed E-state index contributed by atoms with van der Waals surface area (Å²) in [6, 6.07) is 9.76. The molecule has 1 N–H and O–H groups in total. The number of hydrogen-bond acceptors (Lipinski definition) is 7. The number of imide groups is 2. The summed E-state index contributed by atoms with van der Waals surface area (Å²) in [5.74, 6) is -8.95. The fourth-order valence-electron chi connectivity index (χ4n) is 8.18. The Morgan fingerprint density at radius 2 is 1.70 bits per heavy atom. The van der Waals surface area contributed by atoms with Crippen molar-refractivity contribution in [1.29, 1.82) is 0 Å². The van der Waals surface area contributed by atoms with Crippen LogP contribution in [0.4, 0.5) is 29.1 Å². The maximum atomic E-state index is 14.5. The number of pyridine rings is 1. The fourth-order valence-corrected chi connectivity index (χ4v) is 8.96. The first-order chi connectivity index (χ1) is 23.5. The average molecular weight is 796 g/mol. The van der Waals surface area contributed by atoms with Crippen molar-refractivity contribution in [2.45, 2.75) is 31.9 Å². The van der Waals surface area contributed by atoms with Gasteiger partial charge in [-0.2, -0.15) is 18.2 Å². The lowest BCUT2D eigenvalue weighted by Gasteiger charge is -2.49. The minimum Gasteiger partial charge on any atom is -0.508 e. The zero-order valence-corrected chi connectivity index (χ0v) is 29.1. The van der Waals surface area contributed by atoms with Crippen molar-refractivity contribution in [1.82, 2.24) is 9.99 Å². The Balaban J connectivity index is 1.34. The Hall–Kier alpha value is -4.01. The maximum absolute atomic E-state index is 14.5. The van der Waals surface area contributed by atoms with Crippen LogP contribution in [0.5, 0.6) is 5.75 Å². The molecule has 50 heavy (non-hydrogen) atoms. The van der Waals surface area contributed by atoms with E-state index in [-0.39, 0.29) is 34.3 Å². The van der Waals surface area contributed by atoms with Crippen molar-refractivity contribution >= 4 is 74.3 Å². The molecule has 2 aromatic carbocycles. The van der Waals surface area contributed by atoms with Gasteiger partial charge < -0.3 is 5.11 Å². The summed E-state index contributed by atoms with van der Waals surface area (Å²) in [4.78, 5) is 61.6. The predicted octanol–water partition coefficient (Wildman–Crippen LogP) is 7.30. The first-order valence-electron chi connectivity index (χ1n) is 15.3. The van der Waals surface area contributed by atoms with Crippen LogP contribution in [0.25, 0.3) is 0 Å². The van der Waals surface area contributed by atoms with Gasteiger partial charge in [-0.1, -0.05) is 50.8 Å². The van der Waals surface area contributed by atoms with Gasteiger partial charge in [0.15, 0.2) is 5.82 Å². The van der Waals surface area contributed by atoms with Gasteiger partial charge in [-0.15, -0.1) is 0 Å². The smallest absolute Gasteiger partial charge is 0.433 e. The second-order valence-electron chi connectivity index (χ2n) is 13.0. The summed E-state index contributed by atoms with van der Waals surface area (Å²) in [5.41, 5.74) is -1.89. The molecule has 0 bridgehead atoms. The number of allylic oxidation sites excluding steroid dienone is 2. The third-order valence-electron chi connectivity index (χ3n) is 10.4. The number of phenolic OH excluding ortho intramolecular Hbond substituents is 1. The number of halogens is 7. The highest BCUT2D eigenvalue weighted by Crippen LogP contribution is 2.64. The van der Waals surface area contributed by atoms with Crippen molar-refractivity contribution < 1.29 is 41.8 Å². The van der Waals surface area contributed by atoms with Gasteiger partial charge in [0.1, 0.15) is 17.3 Å². The molecule has 3 heterocycles. The summed E-state index contributed by atoms with van der Waals surface area (Å²) in [6.07, 6.45) is -3.10. The summed E-state index contributed by atoms with van der Waals surface area (Å²) in [6.45, 7) is 1.61. The maximum Gasteiger partial charge on any atom is 0.433 e. The number of nitrogens with zero attached hydrogens (tertiary/aromatic N) is 4. The van der Waals surface area contributed by atoms with Gasteiger partial charge in [-0.3, -0.25) is 24.2 Å². The van der Waals surface area contributed by atoms with Crippen molar-refractivity contribution in [2.75, 3.05) is 17.0 Å². The lowest BCUT2D eigenvalue weighted by atomic mass is 9.51. The summed E-state index contributed by atoms with van der Waals surface area (Å²) >= 11 is 15.7. The molecule has 2 saturated heterocycles. The topological polar surface area (TPSA) is 111 Å². The normalized spacial score (nSPS) is 27.7. The van der Waals surface area contributed by atoms with Crippen molar-refractivity contribution in [3.8, 4) is 5.75 Å². The van der Waals surface area contributed by atoms with E-state index in [4.69, 9.17) is 23.2 Å². The van der Waals surface area contributed by atoms with Gasteiger partial charge in [0, 0.05) is 23.0 Å². The molecule has 1 saturated carbocycles. The first kappa shape index (κ1) is 34.4. The molecule has 9 nitrogen and oxygen atoms in total. The van der Waals surface area contributed by atoms with Crippen LogP contribution in [0.15, 0.2) is 64.7 Å². The van der Waals surface area contributed by atoms with Gasteiger partial charge in [0.05, 0.1) is 38.9 Å². The Labute approximate surface area is 300 Å². The van der Waals surface area contributed by atoms with E-state index in [1.54, 1.807) is 25.1 Å². The average Bonchev–Trinajstić information content (AvgIpc) is 3.42. The van der Waals surface area contributed by atoms with Crippen LogP contribution in [-0.4, -0.2) is 45.8 Å². The third-order valence-corrected chi connectivity index (χ3v) is 11.5. The lowest BCUT2D eigenvalue weighted by Crippen LogP contribution is -2.49. The number of aromatic hydroxyl groups is 1. The molecule has 3 fully saturated rings. The van der Waals surface area contributed by atoms with E-state index in [9.17, 15) is 41.8 Å². The zero-order valence-electron chi connectivity index (χ0n) is 26.0. The van der Waals surface area contributed by atoms with E-state index in [0.717, 1.165) is 27.1 Å². The van der Waals surface area contributed by atoms with E-state index in [0.29, 0.717) is 21.7 Å². The second-order valence-corrected chi connectivity index (χ2v) is 14.7. The molecule has 3 aromatic rings. The standard InChI is InChI=1S/C34H25BrCl2F4N4O5/c1-33-20(30(48)44(32(33)50)15-4-8-23(38)22(37)12-15)13-18-16(27(33)19-11-14(35)3-9-24(19)46)5-6-17-26(18)31(49)45(29(17)47)43(2)28-21(36)7-10-25(42-28)34(39,40)41/h3-5,7-12,17-18,20,26-27,46H,6,13H2,1-2H3/t17-,18+,20-,26-,27+,33+/m0/s1. The highest BCUT2D eigenvalue weighted by molar-refractivity contribution is 9.10. The molecule has 2 aliphatic carbocycles. The molecule has 0 spiro atoms. The zero-order chi connectivity index (χ0) is 36.2. The SMILES string of the molecule is CN(c1nc(C(F)(F)F)ccc1Cl)N1C(=O)[C@H]2[C@H](CC=C3[C@H]2C[C@H]2C(=O)N(c4ccc(F)c(Cl)c4)C(=O)[C@@]2(C)[C@H]3c2cc(Br)ccc2O)C1=O. The quantitative estimate of drug-likeness (QED) is 0.168. The van der Waals surface area contributed by atoms with Crippen LogP contribution in [-0.2, 0) is 25.4 Å². The van der Waals surface area contributed by atoms with E-state index in [2.05, 4.69) is 20.9 Å². The van der Waals surface area contributed by atoms with Crippen molar-refractivity contribution in [3.05, 3.63) is 91.8 Å². The van der Waals surface area contributed by atoms with Crippen molar-refractivity contribution in [2.24, 2.45) is 29.1 Å². The summed E-state index contributed by atoms with van der Waals surface area (Å²) < 4.78 is 55.3. The molecular formula is C34H25BrCl2F4N4O5. The largest absolute Gasteiger partial charge is 0.508 e. The fraction of sp³-hybridized carbons (Fsp3) is 0.324. The van der Waals surface area contributed by atoms with E-state index >= 15 is 0 Å². The van der Waals surface area contributed by atoms with Gasteiger partial charge in [0.2, 0.25) is 11.8 Å². The van der Waals surface area contributed by atoms with Gasteiger partial charge in [-0.05, 0) is 74.2 Å². The van der Waals surface area contributed by atoms with E-state index < -0.39 is 82.1 Å². The predicted molar refractivity (Wildman–Crippen MR) is 176 cm³/mol. The highest BCUT2D eigenvalue weighted by atomic mass is 79.9. The van der Waals surface area contributed by atoms with Crippen LogP contribution in [0, 0.1) is 34.9 Å². The molecule has 4 amide bonds. The number of phenols is 1. The van der Waals surface area contributed by atoms with E-state index in [1.165, 1.54) is 25.2 Å². The third kappa shape index (κ3) is 4.96. The summed E-state index contributed by atoms with van der Waals surface area (Å²) in [7, 11) is 1.21. The van der Waals surface area contributed by atoms with Crippen LogP contribution in [0.3, 0.4) is 0 Å². The number of hydrogen-bond donors (Lipinski definition) is 1. The molecule has 0 unspecified atom stereocenters. The van der Waals surface area contributed by atoms with Crippen LogP contribution in [0.2, 0.25) is 10.0 Å². The number of amides is 4. The molecule has 1 aromatic heterocycles. The van der Waals surface area contributed by atoms with Crippen LogP contribution in [0.1, 0.15) is 36.9 Å². The number of rotatable bonds is 4.